The second-order valence-corrected chi connectivity index (χ2v) is 7.43. The van der Waals surface area contributed by atoms with Gasteiger partial charge in [0.2, 0.25) is 12.3 Å². The molecule has 26 heavy (non-hydrogen) atoms. The fourth-order valence-electron chi connectivity index (χ4n) is 3.29. The van der Waals surface area contributed by atoms with E-state index in [0.29, 0.717) is 31.9 Å². The van der Waals surface area contributed by atoms with E-state index in [-0.39, 0.29) is 5.91 Å². The van der Waals surface area contributed by atoms with Crippen LogP contribution < -0.4 is 0 Å². The Morgan fingerprint density at radius 2 is 1.81 bits per heavy atom. The van der Waals surface area contributed by atoms with Gasteiger partial charge in [-0.2, -0.15) is 0 Å². The number of hydrogen-bond donors (Lipinski definition) is 0. The Hall–Kier alpha value is -2.47. The number of hydrogen-bond acceptors (Lipinski definition) is 4. The molecule has 1 aliphatic rings. The summed E-state index contributed by atoms with van der Waals surface area (Å²) in [6, 6.07) is 14.3. The monoisotopic (exact) mass is 368 g/mol. The number of benzene rings is 2. The fourth-order valence-corrected chi connectivity index (χ4v) is 4.16. The summed E-state index contributed by atoms with van der Waals surface area (Å²) in [5, 5.41) is 2.24. The van der Waals surface area contributed by atoms with Crippen molar-refractivity contribution in [2.24, 2.45) is 0 Å². The largest absolute Gasteiger partial charge is 0.456 e. The molecule has 0 spiro atoms. The second-order valence-electron chi connectivity index (χ2n) is 6.44. The van der Waals surface area contributed by atoms with Crippen molar-refractivity contribution in [1.82, 2.24) is 9.80 Å². The zero-order chi connectivity index (χ0) is 17.9. The number of rotatable bonds is 5. The number of amides is 2. The molecule has 5 nitrogen and oxygen atoms in total. The minimum absolute atomic E-state index is 0.149. The van der Waals surface area contributed by atoms with Gasteiger partial charge in [-0.15, -0.1) is 11.8 Å². The number of thioether (sulfide) groups is 1. The number of carbonyl (C=O) groups excluding carboxylic acids is 2. The zero-order valence-electron chi connectivity index (χ0n) is 14.4. The van der Waals surface area contributed by atoms with Crippen molar-refractivity contribution in [3.8, 4) is 0 Å². The van der Waals surface area contributed by atoms with Crippen molar-refractivity contribution in [1.29, 1.82) is 0 Å². The van der Waals surface area contributed by atoms with Crippen LogP contribution >= 0.6 is 11.8 Å². The van der Waals surface area contributed by atoms with Crippen LogP contribution in [0.25, 0.3) is 21.9 Å². The summed E-state index contributed by atoms with van der Waals surface area (Å²) in [6.45, 7) is 2.52. The lowest BCUT2D eigenvalue weighted by atomic mass is 10.1. The highest BCUT2D eigenvalue weighted by Crippen LogP contribution is 2.30. The second kappa shape index (κ2) is 7.41. The minimum Gasteiger partial charge on any atom is -0.456 e. The van der Waals surface area contributed by atoms with Crippen LogP contribution in [0, 0.1) is 0 Å². The first-order valence-electron chi connectivity index (χ1n) is 8.69. The van der Waals surface area contributed by atoms with Crippen LogP contribution in [-0.4, -0.2) is 54.0 Å². The first-order valence-corrected chi connectivity index (χ1v) is 9.85. The van der Waals surface area contributed by atoms with E-state index >= 15 is 0 Å². The SMILES string of the molecule is O=CN1CCN(C(=O)CSCc2ccc3oc4ccccc4c3c2)CC1. The number of fused-ring (bicyclic) bond motifs is 3. The molecule has 1 aromatic heterocycles. The maximum absolute atomic E-state index is 12.3. The fraction of sp³-hybridized carbons (Fsp3) is 0.300. The Morgan fingerprint density at radius 1 is 1.04 bits per heavy atom. The topological polar surface area (TPSA) is 53.8 Å². The molecule has 4 rings (SSSR count). The highest BCUT2D eigenvalue weighted by Gasteiger charge is 2.19. The summed E-state index contributed by atoms with van der Waals surface area (Å²) in [7, 11) is 0. The van der Waals surface area contributed by atoms with Crippen molar-refractivity contribution in [3.63, 3.8) is 0 Å². The first-order chi connectivity index (χ1) is 12.7. The molecule has 0 aliphatic carbocycles. The van der Waals surface area contributed by atoms with Crippen molar-refractivity contribution < 1.29 is 14.0 Å². The van der Waals surface area contributed by atoms with Gasteiger partial charge in [-0.1, -0.05) is 24.3 Å². The number of para-hydroxylation sites is 1. The Bertz CT molecular complexity index is 945. The molecule has 1 aliphatic heterocycles. The van der Waals surface area contributed by atoms with E-state index in [2.05, 4.69) is 18.2 Å². The Morgan fingerprint density at radius 3 is 2.62 bits per heavy atom. The highest BCUT2D eigenvalue weighted by molar-refractivity contribution is 7.99. The summed E-state index contributed by atoms with van der Waals surface area (Å²) in [5.41, 5.74) is 2.98. The molecule has 0 atom stereocenters. The van der Waals surface area contributed by atoms with Gasteiger partial charge in [-0.3, -0.25) is 9.59 Å². The van der Waals surface area contributed by atoms with Crippen LogP contribution in [0.15, 0.2) is 46.9 Å². The lowest BCUT2D eigenvalue weighted by Crippen LogP contribution is -2.48. The summed E-state index contributed by atoms with van der Waals surface area (Å²) in [5.74, 6) is 1.40. The van der Waals surface area contributed by atoms with E-state index in [4.69, 9.17) is 4.42 Å². The lowest BCUT2D eigenvalue weighted by molar-refractivity contribution is -0.132. The van der Waals surface area contributed by atoms with Crippen molar-refractivity contribution in [2.75, 3.05) is 31.9 Å². The molecule has 0 saturated carbocycles. The Balaban J connectivity index is 1.36. The molecule has 6 heteroatoms. The number of furan rings is 1. The van der Waals surface area contributed by atoms with E-state index < -0.39 is 0 Å². The third-order valence-corrected chi connectivity index (χ3v) is 5.74. The summed E-state index contributed by atoms with van der Waals surface area (Å²) in [4.78, 5) is 26.6. The number of nitrogens with zero attached hydrogens (tertiary/aromatic N) is 2. The van der Waals surface area contributed by atoms with E-state index in [0.717, 1.165) is 34.1 Å². The molecular formula is C20H20N2O3S. The van der Waals surface area contributed by atoms with Gasteiger partial charge in [-0.05, 0) is 23.8 Å². The average Bonchev–Trinajstić information content (AvgIpc) is 3.06. The molecule has 0 bridgehead atoms. The quantitative estimate of drug-likeness (QED) is 0.650. The molecule has 0 unspecified atom stereocenters. The minimum atomic E-state index is 0.149. The van der Waals surface area contributed by atoms with E-state index in [1.54, 1.807) is 16.7 Å². The molecule has 3 aromatic rings. The normalized spacial score (nSPS) is 14.9. The van der Waals surface area contributed by atoms with Gasteiger partial charge in [0.25, 0.3) is 0 Å². The molecule has 1 saturated heterocycles. The Kier molecular flexibility index (Phi) is 4.84. The molecular weight excluding hydrogens is 348 g/mol. The van der Waals surface area contributed by atoms with Gasteiger partial charge in [0, 0.05) is 42.7 Å². The molecule has 2 heterocycles. The molecule has 2 amide bonds. The van der Waals surface area contributed by atoms with Crippen LogP contribution in [0.5, 0.6) is 0 Å². The molecule has 1 fully saturated rings. The van der Waals surface area contributed by atoms with Gasteiger partial charge in [0.15, 0.2) is 0 Å². The predicted octanol–water partition coefficient (Wildman–Crippen LogP) is 3.12. The van der Waals surface area contributed by atoms with E-state index in [1.165, 1.54) is 5.56 Å². The average molecular weight is 368 g/mol. The number of piperazine rings is 1. The highest BCUT2D eigenvalue weighted by atomic mass is 32.2. The summed E-state index contributed by atoms with van der Waals surface area (Å²) < 4.78 is 5.85. The first kappa shape index (κ1) is 17.0. The van der Waals surface area contributed by atoms with Crippen molar-refractivity contribution >= 4 is 46.0 Å². The maximum Gasteiger partial charge on any atom is 0.232 e. The van der Waals surface area contributed by atoms with E-state index in [1.807, 2.05) is 29.2 Å². The van der Waals surface area contributed by atoms with Crippen LogP contribution in [0.4, 0.5) is 0 Å². The van der Waals surface area contributed by atoms with Gasteiger partial charge < -0.3 is 14.2 Å². The molecule has 0 radical (unpaired) electrons. The summed E-state index contributed by atoms with van der Waals surface area (Å²) in [6.07, 6.45) is 0.853. The third kappa shape index (κ3) is 3.42. The maximum atomic E-state index is 12.3. The van der Waals surface area contributed by atoms with Crippen molar-refractivity contribution in [2.45, 2.75) is 5.75 Å². The van der Waals surface area contributed by atoms with Crippen LogP contribution in [-0.2, 0) is 15.3 Å². The Labute approximate surface area is 155 Å². The van der Waals surface area contributed by atoms with Gasteiger partial charge >= 0.3 is 0 Å². The molecule has 0 N–H and O–H groups in total. The predicted molar refractivity (Wildman–Crippen MR) is 104 cm³/mol. The van der Waals surface area contributed by atoms with Crippen molar-refractivity contribution in [3.05, 3.63) is 48.0 Å². The van der Waals surface area contributed by atoms with Crippen LogP contribution in [0.3, 0.4) is 0 Å². The summed E-state index contributed by atoms with van der Waals surface area (Å²) >= 11 is 1.63. The number of carbonyl (C=O) groups is 2. The standard InChI is InChI=1S/C20H20N2O3S/c23-14-21-7-9-22(10-8-21)20(24)13-26-12-15-5-6-19-17(11-15)16-3-1-2-4-18(16)25-19/h1-6,11,14H,7-10,12-13H2. The molecule has 2 aromatic carbocycles. The third-order valence-electron chi connectivity index (χ3n) is 4.75. The van der Waals surface area contributed by atoms with Gasteiger partial charge in [0.1, 0.15) is 11.2 Å². The van der Waals surface area contributed by atoms with Gasteiger partial charge in [-0.25, -0.2) is 0 Å². The van der Waals surface area contributed by atoms with Gasteiger partial charge in [0.05, 0.1) is 5.75 Å². The lowest BCUT2D eigenvalue weighted by Gasteiger charge is -2.32. The van der Waals surface area contributed by atoms with Crippen LogP contribution in [0.2, 0.25) is 0 Å². The zero-order valence-corrected chi connectivity index (χ0v) is 15.2. The van der Waals surface area contributed by atoms with Crippen LogP contribution in [0.1, 0.15) is 5.56 Å². The van der Waals surface area contributed by atoms with E-state index in [9.17, 15) is 9.59 Å². The smallest absolute Gasteiger partial charge is 0.232 e. The molecule has 134 valence electrons.